The number of piperidine rings is 1. The predicted octanol–water partition coefficient (Wildman–Crippen LogP) is 3.52. The van der Waals surface area contributed by atoms with Gasteiger partial charge in [-0.05, 0) is 57.7 Å². The molecule has 1 rings (SSSR count). The van der Waals surface area contributed by atoms with E-state index < -0.39 is 0 Å². The van der Waals surface area contributed by atoms with Gasteiger partial charge in [0.05, 0.1) is 0 Å². The predicted molar refractivity (Wildman–Crippen MR) is 81.0 cm³/mol. The average molecular weight is 254 g/mol. The molecule has 18 heavy (non-hydrogen) atoms. The summed E-state index contributed by atoms with van der Waals surface area (Å²) in [6, 6.07) is 0.685. The fourth-order valence-electron chi connectivity index (χ4n) is 3.12. The molecule has 2 unspecified atom stereocenters. The molecule has 2 heteroatoms. The summed E-state index contributed by atoms with van der Waals surface area (Å²) in [7, 11) is 0. The Morgan fingerprint density at radius 2 is 1.94 bits per heavy atom. The quantitative estimate of drug-likeness (QED) is 0.713. The molecule has 2 atom stereocenters. The molecule has 0 aromatic rings. The fraction of sp³-hybridized carbons (Fsp3) is 1.00. The molecule has 1 heterocycles. The number of likely N-dealkylation sites (tertiary alicyclic amines) is 1. The van der Waals surface area contributed by atoms with E-state index in [-0.39, 0.29) is 0 Å². The minimum atomic E-state index is 0.685. The zero-order chi connectivity index (χ0) is 13.4. The van der Waals surface area contributed by atoms with E-state index in [1.807, 2.05) is 0 Å². The lowest BCUT2D eigenvalue weighted by Gasteiger charge is -2.36. The summed E-state index contributed by atoms with van der Waals surface area (Å²) in [6.45, 7) is 14.4. The van der Waals surface area contributed by atoms with Gasteiger partial charge in [-0.25, -0.2) is 0 Å². The number of hydrogen-bond donors (Lipinski definition) is 1. The van der Waals surface area contributed by atoms with Crippen molar-refractivity contribution >= 4 is 0 Å². The molecule has 1 fully saturated rings. The zero-order valence-electron chi connectivity index (χ0n) is 13.0. The van der Waals surface area contributed by atoms with Crippen LogP contribution in [-0.2, 0) is 0 Å². The van der Waals surface area contributed by atoms with Crippen molar-refractivity contribution in [2.45, 2.75) is 65.8 Å². The minimum absolute atomic E-state index is 0.685. The standard InChI is InChI=1S/C16H34N2/c1-5-10-18-11-8-9-16(13-18)14(4)17-12-15(6-2)7-3/h14-17H,5-13H2,1-4H3. The van der Waals surface area contributed by atoms with Gasteiger partial charge in [0.1, 0.15) is 0 Å². The van der Waals surface area contributed by atoms with Crippen molar-refractivity contribution in [3.05, 3.63) is 0 Å². The van der Waals surface area contributed by atoms with Gasteiger partial charge < -0.3 is 10.2 Å². The molecule has 0 aromatic heterocycles. The van der Waals surface area contributed by atoms with Crippen molar-refractivity contribution in [3.8, 4) is 0 Å². The topological polar surface area (TPSA) is 15.3 Å². The number of nitrogens with one attached hydrogen (secondary N) is 1. The molecule has 0 saturated carbocycles. The van der Waals surface area contributed by atoms with Crippen LogP contribution in [0, 0.1) is 11.8 Å². The normalized spacial score (nSPS) is 23.5. The van der Waals surface area contributed by atoms with Gasteiger partial charge in [-0.1, -0.05) is 33.6 Å². The Hall–Kier alpha value is -0.0800. The van der Waals surface area contributed by atoms with Crippen molar-refractivity contribution in [2.75, 3.05) is 26.2 Å². The van der Waals surface area contributed by atoms with Crippen LogP contribution in [0.15, 0.2) is 0 Å². The maximum atomic E-state index is 3.79. The average Bonchev–Trinajstić information content (AvgIpc) is 2.40. The van der Waals surface area contributed by atoms with Crippen LogP contribution in [0.4, 0.5) is 0 Å². The Kier molecular flexibility index (Phi) is 7.92. The van der Waals surface area contributed by atoms with Crippen molar-refractivity contribution in [2.24, 2.45) is 11.8 Å². The molecule has 108 valence electrons. The minimum Gasteiger partial charge on any atom is -0.314 e. The Balaban J connectivity index is 2.29. The van der Waals surface area contributed by atoms with Crippen LogP contribution in [0.2, 0.25) is 0 Å². The van der Waals surface area contributed by atoms with E-state index in [4.69, 9.17) is 0 Å². The smallest absolute Gasteiger partial charge is 0.00793 e. The molecule has 0 aliphatic carbocycles. The summed E-state index contributed by atoms with van der Waals surface area (Å²) in [4.78, 5) is 2.66. The Bertz CT molecular complexity index is 199. The Labute approximate surface area is 115 Å². The third-order valence-electron chi connectivity index (χ3n) is 4.67. The molecule has 0 aromatic carbocycles. The van der Waals surface area contributed by atoms with Crippen molar-refractivity contribution in [3.63, 3.8) is 0 Å². The van der Waals surface area contributed by atoms with E-state index in [1.165, 1.54) is 58.3 Å². The second kappa shape index (κ2) is 8.92. The largest absolute Gasteiger partial charge is 0.314 e. The molecular formula is C16H34N2. The third kappa shape index (κ3) is 5.27. The summed E-state index contributed by atoms with van der Waals surface area (Å²) in [6.07, 6.45) is 6.72. The second-order valence-electron chi connectivity index (χ2n) is 6.08. The molecule has 0 bridgehead atoms. The molecule has 0 spiro atoms. The molecule has 1 aliphatic rings. The van der Waals surface area contributed by atoms with Crippen LogP contribution in [0.3, 0.4) is 0 Å². The number of rotatable bonds is 8. The molecule has 0 radical (unpaired) electrons. The highest BCUT2D eigenvalue weighted by Gasteiger charge is 2.24. The van der Waals surface area contributed by atoms with E-state index in [9.17, 15) is 0 Å². The van der Waals surface area contributed by atoms with Gasteiger partial charge in [-0.3, -0.25) is 0 Å². The summed E-state index contributed by atoms with van der Waals surface area (Å²) in [5.74, 6) is 1.72. The van der Waals surface area contributed by atoms with Gasteiger partial charge in [0.25, 0.3) is 0 Å². The maximum absolute atomic E-state index is 3.79. The maximum Gasteiger partial charge on any atom is 0.00793 e. The summed E-state index contributed by atoms with van der Waals surface area (Å²) >= 11 is 0. The molecule has 1 saturated heterocycles. The van der Waals surface area contributed by atoms with Crippen LogP contribution in [-0.4, -0.2) is 37.1 Å². The van der Waals surface area contributed by atoms with Crippen molar-refractivity contribution in [1.82, 2.24) is 10.2 Å². The van der Waals surface area contributed by atoms with Crippen LogP contribution in [0.1, 0.15) is 59.8 Å². The first-order valence-corrected chi connectivity index (χ1v) is 8.16. The van der Waals surface area contributed by atoms with Crippen LogP contribution < -0.4 is 5.32 Å². The monoisotopic (exact) mass is 254 g/mol. The van der Waals surface area contributed by atoms with Crippen LogP contribution >= 0.6 is 0 Å². The van der Waals surface area contributed by atoms with Gasteiger partial charge in [0, 0.05) is 12.6 Å². The van der Waals surface area contributed by atoms with Crippen molar-refractivity contribution in [1.29, 1.82) is 0 Å². The first kappa shape index (κ1) is 16.0. The third-order valence-corrected chi connectivity index (χ3v) is 4.67. The van der Waals surface area contributed by atoms with Gasteiger partial charge >= 0.3 is 0 Å². The van der Waals surface area contributed by atoms with E-state index in [0.29, 0.717) is 6.04 Å². The van der Waals surface area contributed by atoms with Gasteiger partial charge in [0.2, 0.25) is 0 Å². The summed E-state index contributed by atoms with van der Waals surface area (Å²) in [5.41, 5.74) is 0. The Morgan fingerprint density at radius 1 is 1.22 bits per heavy atom. The molecule has 0 amide bonds. The van der Waals surface area contributed by atoms with Crippen molar-refractivity contribution < 1.29 is 0 Å². The number of hydrogen-bond acceptors (Lipinski definition) is 2. The van der Waals surface area contributed by atoms with Gasteiger partial charge in [-0.15, -0.1) is 0 Å². The second-order valence-corrected chi connectivity index (χ2v) is 6.08. The molecule has 1 aliphatic heterocycles. The first-order chi connectivity index (χ1) is 8.71. The van der Waals surface area contributed by atoms with E-state index in [2.05, 4.69) is 37.9 Å². The molecular weight excluding hydrogens is 220 g/mol. The first-order valence-electron chi connectivity index (χ1n) is 8.16. The zero-order valence-corrected chi connectivity index (χ0v) is 13.0. The summed E-state index contributed by atoms with van der Waals surface area (Å²) < 4.78 is 0. The van der Waals surface area contributed by atoms with Gasteiger partial charge in [-0.2, -0.15) is 0 Å². The summed E-state index contributed by atoms with van der Waals surface area (Å²) in [5, 5.41) is 3.79. The number of nitrogens with zero attached hydrogens (tertiary/aromatic N) is 1. The van der Waals surface area contributed by atoms with Gasteiger partial charge in [0.15, 0.2) is 0 Å². The lowest BCUT2D eigenvalue weighted by molar-refractivity contribution is 0.149. The van der Waals surface area contributed by atoms with Crippen LogP contribution in [0.5, 0.6) is 0 Å². The lowest BCUT2D eigenvalue weighted by Crippen LogP contribution is -2.45. The van der Waals surface area contributed by atoms with Crippen LogP contribution in [0.25, 0.3) is 0 Å². The van der Waals surface area contributed by atoms with E-state index in [0.717, 1.165) is 11.8 Å². The highest BCUT2D eigenvalue weighted by molar-refractivity contribution is 4.80. The lowest BCUT2D eigenvalue weighted by atomic mass is 9.91. The van der Waals surface area contributed by atoms with E-state index >= 15 is 0 Å². The molecule has 2 nitrogen and oxygen atoms in total. The Morgan fingerprint density at radius 3 is 2.56 bits per heavy atom. The SMILES string of the molecule is CCCN1CCCC(C(C)NCC(CC)CC)C1. The highest BCUT2D eigenvalue weighted by atomic mass is 15.1. The molecule has 1 N–H and O–H groups in total. The van der Waals surface area contributed by atoms with E-state index in [1.54, 1.807) is 0 Å². The fourth-order valence-corrected chi connectivity index (χ4v) is 3.12. The highest BCUT2D eigenvalue weighted by Crippen LogP contribution is 2.20.